The summed E-state index contributed by atoms with van der Waals surface area (Å²) in [6.45, 7) is 0.874. The van der Waals surface area contributed by atoms with E-state index in [4.69, 9.17) is 0 Å². The Morgan fingerprint density at radius 3 is 0.978 bits per heavy atom. The van der Waals surface area contributed by atoms with Crippen LogP contribution in [0.5, 0.6) is 11.5 Å². The summed E-state index contributed by atoms with van der Waals surface area (Å²) in [5.41, 5.74) is 6.94. The van der Waals surface area contributed by atoms with E-state index in [1.807, 2.05) is 146 Å². The second-order valence-corrected chi connectivity index (χ2v) is 10.6. The van der Waals surface area contributed by atoms with Gasteiger partial charge in [0.2, 0.25) is 0 Å². The van der Waals surface area contributed by atoms with E-state index >= 15 is 0 Å². The van der Waals surface area contributed by atoms with Crippen molar-refractivity contribution in [3.8, 4) is 11.5 Å². The highest BCUT2D eigenvalue weighted by molar-refractivity contribution is 5.87. The quantitative estimate of drug-likeness (QED) is 0.114. The van der Waals surface area contributed by atoms with Crippen molar-refractivity contribution in [2.45, 2.75) is 0 Å². The van der Waals surface area contributed by atoms with Crippen LogP contribution in [-0.2, 0) is 0 Å². The second kappa shape index (κ2) is 14.6. The van der Waals surface area contributed by atoms with Crippen molar-refractivity contribution < 1.29 is 10.2 Å². The van der Waals surface area contributed by atoms with Crippen LogP contribution in [0.2, 0.25) is 0 Å². The van der Waals surface area contributed by atoms with E-state index in [2.05, 4.69) is 19.8 Å². The fraction of sp³-hybridized carbons (Fsp3) is 0.0500. The zero-order chi connectivity index (χ0) is 31.6. The van der Waals surface area contributed by atoms with Gasteiger partial charge < -0.3 is 20.0 Å². The molecule has 2 N–H and O–H groups in total. The molecular weight excluding hydrogens is 568 g/mol. The molecule has 0 heterocycles. The summed E-state index contributed by atoms with van der Waals surface area (Å²) in [5, 5.41) is 21.7. The molecule has 0 saturated carbocycles. The SMILES string of the molecule is Oc1cc(N(c2ccccc2)c2ccccc2)ccc1C=NCCN=Cc1ccc(N(c2ccccc2)c2ccccc2)cc1O. The molecule has 0 aliphatic heterocycles. The highest BCUT2D eigenvalue weighted by Crippen LogP contribution is 2.37. The van der Waals surface area contributed by atoms with E-state index in [-0.39, 0.29) is 11.5 Å². The first-order valence-electron chi connectivity index (χ1n) is 15.1. The normalized spacial score (nSPS) is 11.2. The summed E-state index contributed by atoms with van der Waals surface area (Å²) < 4.78 is 0. The minimum atomic E-state index is 0.145. The number of rotatable bonds is 11. The summed E-state index contributed by atoms with van der Waals surface area (Å²) in [6, 6.07) is 51.4. The molecule has 0 atom stereocenters. The molecule has 46 heavy (non-hydrogen) atoms. The molecule has 0 aromatic heterocycles. The Morgan fingerprint density at radius 2 is 0.696 bits per heavy atom. The number of anilines is 6. The summed E-state index contributed by atoms with van der Waals surface area (Å²) in [4.78, 5) is 13.1. The molecule has 0 saturated heterocycles. The third-order valence-electron chi connectivity index (χ3n) is 7.42. The third kappa shape index (κ3) is 7.14. The maximum atomic E-state index is 10.8. The Bertz CT molecular complexity index is 1690. The fourth-order valence-corrected chi connectivity index (χ4v) is 5.20. The van der Waals surface area contributed by atoms with Gasteiger partial charge in [0.1, 0.15) is 11.5 Å². The predicted molar refractivity (Wildman–Crippen MR) is 191 cm³/mol. The lowest BCUT2D eigenvalue weighted by molar-refractivity contribution is 0.474. The van der Waals surface area contributed by atoms with Crippen LogP contribution in [0.3, 0.4) is 0 Å². The molecule has 0 bridgehead atoms. The molecule has 6 rings (SSSR count). The van der Waals surface area contributed by atoms with Crippen LogP contribution >= 0.6 is 0 Å². The number of aromatic hydroxyl groups is 2. The molecule has 0 spiro atoms. The molecule has 0 aliphatic rings. The van der Waals surface area contributed by atoms with E-state index in [1.54, 1.807) is 24.6 Å². The highest BCUT2D eigenvalue weighted by atomic mass is 16.3. The van der Waals surface area contributed by atoms with Gasteiger partial charge in [0.25, 0.3) is 0 Å². The molecule has 6 nitrogen and oxygen atoms in total. The Morgan fingerprint density at radius 1 is 0.391 bits per heavy atom. The maximum absolute atomic E-state index is 10.8. The van der Waals surface area contributed by atoms with E-state index in [0.29, 0.717) is 24.2 Å². The van der Waals surface area contributed by atoms with Gasteiger partial charge in [-0.25, -0.2) is 0 Å². The van der Waals surface area contributed by atoms with E-state index in [0.717, 1.165) is 34.1 Å². The van der Waals surface area contributed by atoms with Crippen LogP contribution in [0.15, 0.2) is 168 Å². The number of phenols is 2. The van der Waals surface area contributed by atoms with Gasteiger partial charge in [0.15, 0.2) is 0 Å². The van der Waals surface area contributed by atoms with Gasteiger partial charge in [-0.1, -0.05) is 72.8 Å². The summed E-state index contributed by atoms with van der Waals surface area (Å²) in [7, 11) is 0. The van der Waals surface area contributed by atoms with Crippen LogP contribution in [0.4, 0.5) is 34.1 Å². The van der Waals surface area contributed by atoms with Gasteiger partial charge in [0, 0.05) is 69.8 Å². The van der Waals surface area contributed by atoms with Crippen molar-refractivity contribution in [2.24, 2.45) is 9.98 Å². The van der Waals surface area contributed by atoms with Crippen molar-refractivity contribution in [3.63, 3.8) is 0 Å². The minimum absolute atomic E-state index is 0.145. The Labute approximate surface area is 269 Å². The Kier molecular flexibility index (Phi) is 9.46. The lowest BCUT2D eigenvalue weighted by Gasteiger charge is -2.25. The van der Waals surface area contributed by atoms with Gasteiger partial charge in [-0.15, -0.1) is 0 Å². The largest absolute Gasteiger partial charge is 0.507 e. The van der Waals surface area contributed by atoms with Crippen molar-refractivity contribution in [3.05, 3.63) is 169 Å². The van der Waals surface area contributed by atoms with E-state index in [1.165, 1.54) is 0 Å². The van der Waals surface area contributed by atoms with Crippen LogP contribution in [0.25, 0.3) is 0 Å². The lowest BCUT2D eigenvalue weighted by atomic mass is 10.1. The van der Waals surface area contributed by atoms with E-state index < -0.39 is 0 Å². The zero-order valence-corrected chi connectivity index (χ0v) is 25.3. The van der Waals surface area contributed by atoms with Crippen molar-refractivity contribution in [1.29, 1.82) is 0 Å². The third-order valence-corrected chi connectivity index (χ3v) is 7.42. The van der Waals surface area contributed by atoms with Crippen LogP contribution < -0.4 is 9.80 Å². The number of para-hydroxylation sites is 4. The average molecular weight is 603 g/mol. The molecule has 0 radical (unpaired) electrons. The van der Waals surface area contributed by atoms with Gasteiger partial charge in [-0.2, -0.15) is 0 Å². The standard InChI is InChI=1S/C40H34N4O2/c45-39-27-37(43(33-13-5-1-6-14-33)34-15-7-2-8-16-34)23-21-31(39)29-41-25-26-42-30-32-22-24-38(28-40(32)46)44(35-17-9-3-10-18-35)36-19-11-4-12-20-36/h1-24,27-30,45-46H,25-26H2. The molecule has 0 unspecified atom stereocenters. The number of benzene rings is 6. The minimum Gasteiger partial charge on any atom is -0.507 e. The number of phenolic OH excluding ortho intramolecular Hbond substituents is 2. The first-order chi connectivity index (χ1) is 22.7. The molecule has 0 amide bonds. The average Bonchev–Trinajstić information content (AvgIpc) is 3.10. The van der Waals surface area contributed by atoms with Gasteiger partial charge in [-0.3, -0.25) is 9.98 Å². The van der Waals surface area contributed by atoms with Crippen LogP contribution in [0.1, 0.15) is 11.1 Å². The number of hydrogen-bond donors (Lipinski definition) is 2. The Hall–Kier alpha value is -6.14. The maximum Gasteiger partial charge on any atom is 0.126 e. The van der Waals surface area contributed by atoms with Crippen molar-refractivity contribution >= 4 is 46.6 Å². The molecular formula is C40H34N4O2. The molecule has 0 fully saturated rings. The number of hydrogen-bond acceptors (Lipinski definition) is 6. The van der Waals surface area contributed by atoms with Gasteiger partial charge in [0.05, 0.1) is 13.1 Å². The zero-order valence-electron chi connectivity index (χ0n) is 25.3. The molecule has 226 valence electrons. The fourth-order valence-electron chi connectivity index (χ4n) is 5.20. The summed E-state index contributed by atoms with van der Waals surface area (Å²) in [6.07, 6.45) is 3.33. The first-order valence-corrected chi connectivity index (χ1v) is 15.1. The van der Waals surface area contributed by atoms with Gasteiger partial charge in [-0.05, 0) is 72.8 Å². The molecule has 6 heteroatoms. The predicted octanol–water partition coefficient (Wildman–Crippen LogP) is 9.58. The van der Waals surface area contributed by atoms with Crippen LogP contribution in [-0.4, -0.2) is 35.7 Å². The van der Waals surface area contributed by atoms with E-state index in [9.17, 15) is 10.2 Å². The monoisotopic (exact) mass is 602 g/mol. The summed E-state index contributed by atoms with van der Waals surface area (Å²) >= 11 is 0. The number of aliphatic imine (C=N–C) groups is 2. The Balaban J connectivity index is 1.10. The molecule has 6 aromatic carbocycles. The molecule has 0 aliphatic carbocycles. The van der Waals surface area contributed by atoms with Crippen LogP contribution in [0, 0.1) is 0 Å². The topological polar surface area (TPSA) is 71.7 Å². The lowest BCUT2D eigenvalue weighted by Crippen LogP contribution is -2.09. The second-order valence-electron chi connectivity index (χ2n) is 10.6. The first kappa shape index (κ1) is 29.9. The van der Waals surface area contributed by atoms with Crippen molar-refractivity contribution in [1.82, 2.24) is 0 Å². The smallest absolute Gasteiger partial charge is 0.126 e. The van der Waals surface area contributed by atoms with Gasteiger partial charge >= 0.3 is 0 Å². The summed E-state index contributed by atoms with van der Waals surface area (Å²) in [5.74, 6) is 0.290. The molecule has 6 aromatic rings. The van der Waals surface area contributed by atoms with Crippen molar-refractivity contribution in [2.75, 3.05) is 22.9 Å². The highest BCUT2D eigenvalue weighted by Gasteiger charge is 2.15. The number of nitrogens with zero attached hydrogens (tertiary/aromatic N) is 4.